The van der Waals surface area contributed by atoms with Crippen molar-refractivity contribution in [3.8, 4) is 0 Å². The topological polar surface area (TPSA) is 32.3 Å². The normalized spacial score (nSPS) is 22.3. The van der Waals surface area contributed by atoms with E-state index in [-0.39, 0.29) is 0 Å². The molecule has 2 aliphatic rings. The highest BCUT2D eigenvalue weighted by atomic mass is 15.2. The minimum absolute atomic E-state index is 0.743. The summed E-state index contributed by atoms with van der Waals surface area (Å²) in [6.45, 7) is 8.12. The molecule has 0 amide bonds. The van der Waals surface area contributed by atoms with Crippen molar-refractivity contribution in [1.29, 1.82) is 0 Å². The van der Waals surface area contributed by atoms with E-state index in [2.05, 4.69) is 26.7 Å². The highest BCUT2D eigenvalue weighted by molar-refractivity contribution is 5.20. The summed E-state index contributed by atoms with van der Waals surface area (Å²) < 4.78 is 0. The molecular weight excluding hydrogens is 224 g/mol. The average Bonchev–Trinajstić information content (AvgIpc) is 2.84. The summed E-state index contributed by atoms with van der Waals surface area (Å²) in [5.41, 5.74) is 2.56. The van der Waals surface area contributed by atoms with Crippen LogP contribution >= 0.6 is 0 Å². The first-order chi connectivity index (χ1) is 8.86. The third-order valence-corrected chi connectivity index (χ3v) is 4.22. The van der Waals surface area contributed by atoms with Crippen LogP contribution in [0.2, 0.25) is 0 Å². The molecule has 1 aromatic heterocycles. The number of nitrogens with zero attached hydrogens (tertiary/aromatic N) is 4. The van der Waals surface area contributed by atoms with Crippen LogP contribution in [0.25, 0.3) is 0 Å². The van der Waals surface area contributed by atoms with Gasteiger partial charge in [0.25, 0.3) is 0 Å². The zero-order chi connectivity index (χ0) is 12.4. The molecule has 1 fully saturated rings. The summed E-state index contributed by atoms with van der Waals surface area (Å²) in [6.07, 6.45) is 7.54. The Kier molecular flexibility index (Phi) is 3.57. The Morgan fingerprint density at radius 1 is 1.28 bits per heavy atom. The van der Waals surface area contributed by atoms with Crippen molar-refractivity contribution in [3.05, 3.63) is 23.8 Å². The molecule has 0 radical (unpaired) electrons. The first kappa shape index (κ1) is 12.1. The van der Waals surface area contributed by atoms with Gasteiger partial charge in [0, 0.05) is 30.9 Å². The van der Waals surface area contributed by atoms with Crippen molar-refractivity contribution < 1.29 is 0 Å². The van der Waals surface area contributed by atoms with Crippen LogP contribution in [0.3, 0.4) is 0 Å². The van der Waals surface area contributed by atoms with E-state index in [0.29, 0.717) is 0 Å². The number of hydrogen-bond donors (Lipinski definition) is 0. The zero-order valence-electron chi connectivity index (χ0n) is 11.2. The molecular formula is C14H22N4. The maximum absolute atomic E-state index is 4.39. The van der Waals surface area contributed by atoms with E-state index < -0.39 is 0 Å². The molecule has 1 aromatic rings. The molecule has 4 nitrogen and oxygen atoms in total. The molecule has 0 aliphatic carbocycles. The number of aromatic nitrogens is 2. The smallest absolute Gasteiger partial charge is 0.115 e. The molecule has 4 heteroatoms. The summed E-state index contributed by atoms with van der Waals surface area (Å²) in [5, 5.41) is 0. The van der Waals surface area contributed by atoms with Gasteiger partial charge >= 0.3 is 0 Å². The highest BCUT2D eigenvalue weighted by Gasteiger charge is 2.29. The minimum Gasteiger partial charge on any atom is -0.303 e. The number of likely N-dealkylation sites (tertiary alicyclic amines) is 1. The maximum Gasteiger partial charge on any atom is 0.115 e. The van der Waals surface area contributed by atoms with Crippen LogP contribution in [0.4, 0.5) is 0 Å². The quantitative estimate of drug-likeness (QED) is 0.812. The molecule has 0 spiro atoms. The Morgan fingerprint density at radius 3 is 2.83 bits per heavy atom. The lowest BCUT2D eigenvalue weighted by molar-refractivity contribution is 0.106. The van der Waals surface area contributed by atoms with Crippen molar-refractivity contribution >= 4 is 0 Å². The summed E-state index contributed by atoms with van der Waals surface area (Å²) in [5.74, 6) is 0. The fourth-order valence-electron chi connectivity index (χ4n) is 3.21. The van der Waals surface area contributed by atoms with E-state index in [1.165, 1.54) is 50.2 Å². The van der Waals surface area contributed by atoms with Gasteiger partial charge in [-0.15, -0.1) is 0 Å². The molecule has 3 heterocycles. The van der Waals surface area contributed by atoms with Crippen molar-refractivity contribution in [2.75, 3.05) is 19.6 Å². The van der Waals surface area contributed by atoms with Crippen LogP contribution in [-0.4, -0.2) is 45.4 Å². The second-order valence-electron chi connectivity index (χ2n) is 5.47. The molecule has 2 aliphatic heterocycles. The molecule has 0 saturated carbocycles. The molecule has 0 atom stereocenters. The molecule has 3 rings (SSSR count). The van der Waals surface area contributed by atoms with E-state index in [0.717, 1.165) is 19.1 Å². The molecule has 1 saturated heterocycles. The predicted octanol–water partition coefficient (Wildman–Crippen LogP) is 1.67. The van der Waals surface area contributed by atoms with Crippen LogP contribution in [0, 0.1) is 0 Å². The lowest BCUT2D eigenvalue weighted by Gasteiger charge is -2.36. The molecule has 98 valence electrons. The summed E-state index contributed by atoms with van der Waals surface area (Å²) in [4.78, 5) is 13.7. The van der Waals surface area contributed by atoms with E-state index >= 15 is 0 Å². The van der Waals surface area contributed by atoms with Crippen LogP contribution in [0.5, 0.6) is 0 Å². The lowest BCUT2D eigenvalue weighted by Crippen LogP contribution is -2.43. The van der Waals surface area contributed by atoms with Gasteiger partial charge in [-0.2, -0.15) is 0 Å². The number of fused-ring (bicyclic) bond motifs is 1. The van der Waals surface area contributed by atoms with Crippen molar-refractivity contribution in [1.82, 2.24) is 19.8 Å². The Morgan fingerprint density at radius 2 is 2.11 bits per heavy atom. The standard InChI is InChI=1S/C14H22N4/c1-2-5-17-6-3-13(4-7-17)18-9-12-8-15-11-16-14(12)10-18/h8,11,13H,2-7,9-10H2,1H3. The van der Waals surface area contributed by atoms with Gasteiger partial charge in [-0.05, 0) is 38.9 Å². The van der Waals surface area contributed by atoms with Crippen LogP contribution < -0.4 is 0 Å². The van der Waals surface area contributed by atoms with E-state index in [4.69, 9.17) is 0 Å². The largest absolute Gasteiger partial charge is 0.303 e. The molecule has 0 N–H and O–H groups in total. The molecule has 18 heavy (non-hydrogen) atoms. The van der Waals surface area contributed by atoms with Gasteiger partial charge in [0.05, 0.1) is 5.69 Å². The van der Waals surface area contributed by atoms with Crippen LogP contribution in [-0.2, 0) is 13.1 Å². The van der Waals surface area contributed by atoms with Gasteiger partial charge in [-0.3, -0.25) is 4.90 Å². The van der Waals surface area contributed by atoms with Gasteiger partial charge in [0.2, 0.25) is 0 Å². The number of rotatable bonds is 3. The SMILES string of the molecule is CCCN1CCC(N2Cc3cncnc3C2)CC1. The van der Waals surface area contributed by atoms with E-state index in [9.17, 15) is 0 Å². The zero-order valence-corrected chi connectivity index (χ0v) is 11.2. The Balaban J connectivity index is 1.56. The Bertz CT molecular complexity index is 374. The molecule has 0 unspecified atom stereocenters. The third kappa shape index (κ3) is 2.40. The van der Waals surface area contributed by atoms with Gasteiger partial charge in [-0.1, -0.05) is 6.92 Å². The molecule has 0 bridgehead atoms. The second kappa shape index (κ2) is 5.33. The van der Waals surface area contributed by atoms with Gasteiger partial charge in [0.15, 0.2) is 0 Å². The fourth-order valence-corrected chi connectivity index (χ4v) is 3.21. The Hall–Kier alpha value is -1.00. The predicted molar refractivity (Wildman–Crippen MR) is 71.0 cm³/mol. The van der Waals surface area contributed by atoms with Crippen molar-refractivity contribution in [3.63, 3.8) is 0 Å². The van der Waals surface area contributed by atoms with Gasteiger partial charge in [-0.25, -0.2) is 9.97 Å². The first-order valence-electron chi connectivity index (χ1n) is 7.11. The second-order valence-corrected chi connectivity index (χ2v) is 5.47. The van der Waals surface area contributed by atoms with E-state index in [1.807, 2.05) is 6.20 Å². The molecule has 0 aromatic carbocycles. The summed E-state index contributed by atoms with van der Waals surface area (Å²) in [6, 6.07) is 0.743. The maximum atomic E-state index is 4.39. The summed E-state index contributed by atoms with van der Waals surface area (Å²) >= 11 is 0. The Labute approximate surface area is 109 Å². The van der Waals surface area contributed by atoms with E-state index in [1.54, 1.807) is 6.33 Å². The minimum atomic E-state index is 0.743. The first-order valence-corrected chi connectivity index (χ1v) is 7.11. The van der Waals surface area contributed by atoms with Gasteiger partial charge in [0.1, 0.15) is 6.33 Å². The average molecular weight is 246 g/mol. The number of hydrogen-bond acceptors (Lipinski definition) is 4. The van der Waals surface area contributed by atoms with Crippen molar-refractivity contribution in [2.24, 2.45) is 0 Å². The fraction of sp³-hybridized carbons (Fsp3) is 0.714. The number of piperidine rings is 1. The van der Waals surface area contributed by atoms with Crippen molar-refractivity contribution in [2.45, 2.75) is 45.3 Å². The lowest BCUT2D eigenvalue weighted by atomic mass is 10.0. The van der Waals surface area contributed by atoms with Gasteiger partial charge < -0.3 is 4.90 Å². The highest BCUT2D eigenvalue weighted by Crippen LogP contribution is 2.26. The monoisotopic (exact) mass is 246 g/mol. The van der Waals surface area contributed by atoms with Crippen LogP contribution in [0.1, 0.15) is 37.4 Å². The van der Waals surface area contributed by atoms with Crippen LogP contribution in [0.15, 0.2) is 12.5 Å². The third-order valence-electron chi connectivity index (χ3n) is 4.22. The summed E-state index contributed by atoms with van der Waals surface area (Å²) in [7, 11) is 0.